The van der Waals surface area contributed by atoms with Crippen LogP contribution in [0, 0.1) is 6.92 Å². The molecule has 0 fully saturated rings. The van der Waals surface area contributed by atoms with E-state index in [2.05, 4.69) is 4.98 Å². The van der Waals surface area contributed by atoms with Gasteiger partial charge in [-0.3, -0.25) is 4.79 Å². The number of amides is 1. The fourth-order valence-corrected chi connectivity index (χ4v) is 2.78. The molecule has 0 bridgehead atoms. The van der Waals surface area contributed by atoms with E-state index in [0.29, 0.717) is 18.1 Å². The molecule has 1 aromatic carbocycles. The minimum Gasteiger partial charge on any atom is -0.384 e. The van der Waals surface area contributed by atoms with Gasteiger partial charge in [0.05, 0.1) is 5.75 Å². The van der Waals surface area contributed by atoms with Gasteiger partial charge >= 0.3 is 0 Å². The molecule has 0 spiro atoms. The largest absolute Gasteiger partial charge is 0.384 e. The van der Waals surface area contributed by atoms with Crippen LogP contribution in [0.1, 0.15) is 12.5 Å². The highest BCUT2D eigenvalue weighted by Crippen LogP contribution is 2.22. The number of aryl methyl sites for hydroxylation is 1. The molecule has 0 aliphatic heterocycles. The second-order valence-corrected chi connectivity index (χ2v) is 5.68. The molecule has 5 heteroatoms. The number of carbonyl (C=O) groups is 1. The molecule has 110 valence electrons. The zero-order chi connectivity index (χ0) is 15.2. The number of nitrogens with two attached hydrogens (primary N) is 1. The van der Waals surface area contributed by atoms with Crippen molar-refractivity contribution in [1.82, 2.24) is 4.98 Å². The molecule has 1 amide bonds. The van der Waals surface area contributed by atoms with Crippen molar-refractivity contribution in [3.63, 3.8) is 0 Å². The van der Waals surface area contributed by atoms with Crippen molar-refractivity contribution in [3.8, 4) is 0 Å². The molecule has 0 atom stereocenters. The van der Waals surface area contributed by atoms with Crippen LogP contribution in [-0.4, -0.2) is 23.2 Å². The Morgan fingerprint density at radius 1 is 1.29 bits per heavy atom. The Kier molecular flexibility index (Phi) is 5.22. The van der Waals surface area contributed by atoms with Gasteiger partial charge in [0.25, 0.3) is 0 Å². The number of thioether (sulfide) groups is 1. The van der Waals surface area contributed by atoms with Crippen molar-refractivity contribution in [2.45, 2.75) is 18.7 Å². The Morgan fingerprint density at radius 3 is 2.67 bits per heavy atom. The van der Waals surface area contributed by atoms with Gasteiger partial charge in [0, 0.05) is 23.3 Å². The van der Waals surface area contributed by atoms with E-state index in [4.69, 9.17) is 5.73 Å². The summed E-state index contributed by atoms with van der Waals surface area (Å²) in [5.74, 6) is 0.961. The minimum absolute atomic E-state index is 0.0913. The van der Waals surface area contributed by atoms with Crippen LogP contribution in [0.4, 0.5) is 11.5 Å². The molecule has 0 saturated carbocycles. The number of rotatable bonds is 5. The van der Waals surface area contributed by atoms with Gasteiger partial charge in [-0.15, -0.1) is 11.8 Å². The molecule has 0 aliphatic rings. The number of para-hydroxylation sites is 1. The fraction of sp³-hybridized carbons (Fsp3) is 0.250. The maximum atomic E-state index is 12.4. The summed E-state index contributed by atoms with van der Waals surface area (Å²) in [6.45, 7) is 4.66. The molecular formula is C16H19N3OS. The second kappa shape index (κ2) is 7.13. The van der Waals surface area contributed by atoms with Gasteiger partial charge < -0.3 is 10.6 Å². The molecule has 0 unspecified atom stereocenters. The molecule has 0 radical (unpaired) electrons. The van der Waals surface area contributed by atoms with Gasteiger partial charge in [0.1, 0.15) is 5.82 Å². The number of anilines is 2. The summed E-state index contributed by atoms with van der Waals surface area (Å²) < 4.78 is 0. The topological polar surface area (TPSA) is 59.2 Å². The lowest BCUT2D eigenvalue weighted by Crippen LogP contribution is -2.32. The molecule has 21 heavy (non-hydrogen) atoms. The lowest BCUT2D eigenvalue weighted by molar-refractivity contribution is -0.116. The third-order valence-electron chi connectivity index (χ3n) is 3.15. The number of aromatic nitrogens is 1. The van der Waals surface area contributed by atoms with Crippen molar-refractivity contribution in [2.75, 3.05) is 22.9 Å². The summed E-state index contributed by atoms with van der Waals surface area (Å²) in [5, 5.41) is 0. The van der Waals surface area contributed by atoms with Crippen LogP contribution >= 0.6 is 11.8 Å². The predicted molar refractivity (Wildman–Crippen MR) is 88.6 cm³/mol. The number of hydrogen-bond acceptors (Lipinski definition) is 4. The third-order valence-corrected chi connectivity index (χ3v) is 4.11. The smallest absolute Gasteiger partial charge is 0.237 e. The first-order valence-corrected chi connectivity index (χ1v) is 7.80. The van der Waals surface area contributed by atoms with Crippen LogP contribution < -0.4 is 10.6 Å². The van der Waals surface area contributed by atoms with Gasteiger partial charge in [-0.05, 0) is 37.6 Å². The third kappa shape index (κ3) is 3.98. The average molecular weight is 301 g/mol. The monoisotopic (exact) mass is 301 g/mol. The van der Waals surface area contributed by atoms with Crippen LogP contribution in [0.2, 0.25) is 0 Å². The van der Waals surface area contributed by atoms with Crippen molar-refractivity contribution < 1.29 is 4.79 Å². The summed E-state index contributed by atoms with van der Waals surface area (Å²) in [4.78, 5) is 19.2. The van der Waals surface area contributed by atoms with Crippen LogP contribution in [0.15, 0.2) is 47.5 Å². The zero-order valence-electron chi connectivity index (χ0n) is 12.2. The van der Waals surface area contributed by atoms with Crippen molar-refractivity contribution in [1.29, 1.82) is 0 Å². The molecule has 0 aliphatic carbocycles. The highest BCUT2D eigenvalue weighted by atomic mass is 32.2. The van der Waals surface area contributed by atoms with E-state index in [1.54, 1.807) is 12.3 Å². The Balaban J connectivity index is 2.04. The molecule has 2 aromatic rings. The van der Waals surface area contributed by atoms with E-state index in [0.717, 1.165) is 16.1 Å². The minimum atomic E-state index is 0.0913. The van der Waals surface area contributed by atoms with Crippen LogP contribution in [0.25, 0.3) is 0 Å². The lowest BCUT2D eigenvalue weighted by Gasteiger charge is -2.22. The Hall–Kier alpha value is -2.01. The number of nitrogens with zero attached hydrogens (tertiary/aromatic N) is 2. The van der Waals surface area contributed by atoms with E-state index in [-0.39, 0.29) is 5.91 Å². The second-order valence-electron chi connectivity index (χ2n) is 4.63. The fourth-order valence-electron chi connectivity index (χ4n) is 2.05. The first-order valence-electron chi connectivity index (χ1n) is 6.82. The zero-order valence-corrected chi connectivity index (χ0v) is 13.1. The van der Waals surface area contributed by atoms with E-state index >= 15 is 0 Å². The predicted octanol–water partition coefficient (Wildman–Crippen LogP) is 3.12. The Morgan fingerprint density at radius 2 is 2.05 bits per heavy atom. The summed E-state index contributed by atoms with van der Waals surface area (Å²) in [7, 11) is 0. The normalized spacial score (nSPS) is 10.4. The first kappa shape index (κ1) is 15.4. The highest BCUT2D eigenvalue weighted by molar-refractivity contribution is 8.00. The summed E-state index contributed by atoms with van der Waals surface area (Å²) in [6, 6.07) is 11.5. The number of carbonyl (C=O) groups excluding carboxylic acids is 1. The average Bonchev–Trinajstić information content (AvgIpc) is 2.49. The van der Waals surface area contributed by atoms with Gasteiger partial charge in [-0.2, -0.15) is 0 Å². The summed E-state index contributed by atoms with van der Waals surface area (Å²) in [6.07, 6.45) is 1.69. The lowest BCUT2D eigenvalue weighted by atomic mass is 10.2. The summed E-state index contributed by atoms with van der Waals surface area (Å²) >= 11 is 1.47. The molecule has 1 aromatic heterocycles. The van der Waals surface area contributed by atoms with Gasteiger partial charge in [0.15, 0.2) is 0 Å². The number of pyridine rings is 1. The molecule has 4 nitrogen and oxygen atoms in total. The Labute approximate surface area is 129 Å². The molecule has 2 N–H and O–H groups in total. The maximum Gasteiger partial charge on any atom is 0.237 e. The number of nitrogen functional groups attached to an aromatic ring is 1. The van der Waals surface area contributed by atoms with Gasteiger partial charge in [-0.25, -0.2) is 4.98 Å². The molecule has 0 saturated heterocycles. The standard InChI is InChI=1S/C16H19N3OS/c1-3-19(14-7-5-4-6-12(14)2)16(20)11-21-13-8-9-15(17)18-10-13/h4-10H,3,11H2,1-2H3,(H2,17,18). The molecule has 1 heterocycles. The highest BCUT2D eigenvalue weighted by Gasteiger charge is 2.15. The molecule has 2 rings (SSSR count). The quantitative estimate of drug-likeness (QED) is 0.862. The number of hydrogen-bond donors (Lipinski definition) is 1. The number of benzene rings is 1. The molecular weight excluding hydrogens is 282 g/mol. The van der Waals surface area contributed by atoms with Gasteiger partial charge in [0.2, 0.25) is 5.91 Å². The van der Waals surface area contributed by atoms with Crippen LogP contribution in [0.3, 0.4) is 0 Å². The van der Waals surface area contributed by atoms with Crippen LogP contribution in [0.5, 0.6) is 0 Å². The first-order chi connectivity index (χ1) is 10.1. The van der Waals surface area contributed by atoms with E-state index < -0.39 is 0 Å². The Bertz CT molecular complexity index is 613. The summed E-state index contributed by atoms with van der Waals surface area (Å²) in [5.41, 5.74) is 7.63. The van der Waals surface area contributed by atoms with E-state index in [1.165, 1.54) is 11.8 Å². The van der Waals surface area contributed by atoms with Crippen molar-refractivity contribution in [2.24, 2.45) is 0 Å². The van der Waals surface area contributed by atoms with Crippen molar-refractivity contribution in [3.05, 3.63) is 48.2 Å². The maximum absolute atomic E-state index is 12.4. The van der Waals surface area contributed by atoms with E-state index in [1.807, 2.05) is 49.1 Å². The van der Waals surface area contributed by atoms with E-state index in [9.17, 15) is 4.79 Å². The van der Waals surface area contributed by atoms with Crippen molar-refractivity contribution >= 4 is 29.2 Å². The van der Waals surface area contributed by atoms with Gasteiger partial charge in [-0.1, -0.05) is 18.2 Å². The van der Waals surface area contributed by atoms with Crippen LogP contribution in [-0.2, 0) is 4.79 Å². The SMILES string of the molecule is CCN(C(=O)CSc1ccc(N)nc1)c1ccccc1C.